The van der Waals surface area contributed by atoms with Gasteiger partial charge in [0.1, 0.15) is 5.69 Å². The monoisotopic (exact) mass is 423 g/mol. The van der Waals surface area contributed by atoms with Crippen LogP contribution in [0.2, 0.25) is 10.0 Å². The van der Waals surface area contributed by atoms with Crippen molar-refractivity contribution in [1.29, 1.82) is 0 Å². The summed E-state index contributed by atoms with van der Waals surface area (Å²) in [7, 11) is -0.736. The van der Waals surface area contributed by atoms with Gasteiger partial charge in [-0.25, -0.2) is 13.4 Å². The number of anilines is 1. The van der Waals surface area contributed by atoms with Gasteiger partial charge < -0.3 is 4.90 Å². The zero-order chi connectivity index (χ0) is 19.8. The van der Waals surface area contributed by atoms with Gasteiger partial charge in [0.15, 0.2) is 0 Å². The van der Waals surface area contributed by atoms with Gasteiger partial charge in [-0.3, -0.25) is 9.52 Å². The molecule has 0 aliphatic rings. The van der Waals surface area contributed by atoms with Crippen LogP contribution in [0, 0.1) is 0 Å². The number of carbonyl (C=O) groups is 1. The number of rotatable bonds is 4. The predicted octanol–water partition coefficient (Wildman–Crippen LogP) is 4.04. The van der Waals surface area contributed by atoms with Crippen molar-refractivity contribution in [3.05, 3.63) is 64.3 Å². The summed E-state index contributed by atoms with van der Waals surface area (Å²) in [5.41, 5.74) is 0.526. The lowest BCUT2D eigenvalue weighted by Gasteiger charge is -2.15. The number of fused-ring (bicyclic) bond motifs is 1. The number of nitrogens with zero attached hydrogens (tertiary/aromatic N) is 2. The van der Waals surface area contributed by atoms with Crippen molar-refractivity contribution in [3.8, 4) is 0 Å². The summed E-state index contributed by atoms with van der Waals surface area (Å²) < 4.78 is 28.0. The quantitative estimate of drug-likeness (QED) is 0.686. The number of aromatic nitrogens is 1. The van der Waals surface area contributed by atoms with E-state index in [0.29, 0.717) is 15.9 Å². The van der Waals surface area contributed by atoms with Crippen molar-refractivity contribution < 1.29 is 13.2 Å². The van der Waals surface area contributed by atoms with Gasteiger partial charge >= 0.3 is 0 Å². The highest BCUT2D eigenvalue weighted by Gasteiger charge is 2.20. The number of carbonyl (C=O) groups excluding carboxylic acids is 1. The van der Waals surface area contributed by atoms with Gasteiger partial charge in [-0.05, 0) is 30.3 Å². The molecule has 140 valence electrons. The summed E-state index contributed by atoms with van der Waals surface area (Å²) in [5.74, 6) is -0.381. The molecule has 0 bridgehead atoms. The first-order chi connectivity index (χ1) is 12.7. The lowest BCUT2D eigenvalue weighted by atomic mass is 10.1. The second-order valence-corrected chi connectivity index (χ2v) is 8.48. The molecule has 0 saturated heterocycles. The lowest BCUT2D eigenvalue weighted by molar-refractivity contribution is 0.0822. The van der Waals surface area contributed by atoms with Gasteiger partial charge in [0.2, 0.25) is 0 Å². The normalized spacial score (nSPS) is 11.4. The number of halogens is 2. The number of amides is 1. The van der Waals surface area contributed by atoms with Crippen LogP contribution in [0.3, 0.4) is 0 Å². The summed E-state index contributed by atoms with van der Waals surface area (Å²) >= 11 is 12.3. The molecule has 0 fully saturated rings. The van der Waals surface area contributed by atoms with E-state index in [1.165, 1.54) is 35.2 Å². The highest BCUT2D eigenvalue weighted by molar-refractivity contribution is 7.92. The molecule has 9 heteroatoms. The molecule has 1 N–H and O–H groups in total. The van der Waals surface area contributed by atoms with Crippen molar-refractivity contribution >= 4 is 55.7 Å². The molecule has 1 heterocycles. The molecule has 3 rings (SSSR count). The molecule has 27 heavy (non-hydrogen) atoms. The van der Waals surface area contributed by atoms with E-state index in [1.807, 2.05) is 0 Å². The average Bonchev–Trinajstić information content (AvgIpc) is 2.60. The Kier molecular flexibility index (Phi) is 5.28. The van der Waals surface area contributed by atoms with Crippen molar-refractivity contribution in [3.63, 3.8) is 0 Å². The van der Waals surface area contributed by atoms with E-state index < -0.39 is 10.0 Å². The van der Waals surface area contributed by atoms with Gasteiger partial charge in [0.25, 0.3) is 15.9 Å². The van der Waals surface area contributed by atoms with Crippen LogP contribution in [0.5, 0.6) is 0 Å². The van der Waals surface area contributed by atoms with E-state index in [1.54, 1.807) is 32.3 Å². The third kappa shape index (κ3) is 4.00. The third-order valence-electron chi connectivity index (χ3n) is 3.75. The highest BCUT2D eigenvalue weighted by atomic mass is 35.5. The molecule has 1 amide bonds. The Hall–Kier alpha value is -2.35. The van der Waals surface area contributed by atoms with Crippen LogP contribution in [0.4, 0.5) is 5.69 Å². The molecule has 1 aromatic heterocycles. The fraction of sp³-hybridized carbons (Fsp3) is 0.111. The zero-order valence-electron chi connectivity index (χ0n) is 14.4. The number of pyridine rings is 1. The smallest absolute Gasteiger partial charge is 0.272 e. The molecule has 0 saturated carbocycles. The van der Waals surface area contributed by atoms with Crippen molar-refractivity contribution in [2.24, 2.45) is 0 Å². The van der Waals surface area contributed by atoms with Gasteiger partial charge in [0, 0.05) is 24.5 Å². The van der Waals surface area contributed by atoms with Crippen molar-refractivity contribution in [2.45, 2.75) is 4.90 Å². The highest BCUT2D eigenvalue weighted by Crippen LogP contribution is 2.34. The molecule has 0 aliphatic heterocycles. The molecule has 0 radical (unpaired) electrons. The Morgan fingerprint density at radius 2 is 1.74 bits per heavy atom. The van der Waals surface area contributed by atoms with Crippen LogP contribution in [0.25, 0.3) is 10.9 Å². The van der Waals surface area contributed by atoms with Crippen molar-refractivity contribution in [1.82, 2.24) is 9.88 Å². The fourth-order valence-electron chi connectivity index (χ4n) is 2.51. The molecular formula is C18H15Cl2N3O3S. The number of nitrogens with one attached hydrogen (secondary N) is 1. The standard InChI is InChI=1S/C18H15Cl2N3O3S/c1-23(2)18(24)16-10-15(17-13(20)8-11(19)9-14(17)21-16)22-27(25,26)12-6-4-3-5-7-12/h3-10H,1-2H3,(H,21,22). The summed E-state index contributed by atoms with van der Waals surface area (Å²) in [6.45, 7) is 0. The summed E-state index contributed by atoms with van der Waals surface area (Å²) in [5, 5.41) is 0.904. The first-order valence-corrected chi connectivity index (χ1v) is 10.0. The van der Waals surface area contributed by atoms with Gasteiger partial charge in [-0.2, -0.15) is 0 Å². The van der Waals surface area contributed by atoms with E-state index in [-0.39, 0.29) is 27.2 Å². The first-order valence-electron chi connectivity index (χ1n) is 7.78. The largest absolute Gasteiger partial charge is 0.343 e. The van der Waals surface area contributed by atoms with E-state index in [2.05, 4.69) is 9.71 Å². The molecule has 0 atom stereocenters. The Balaban J connectivity index is 2.22. The molecule has 3 aromatic rings. The van der Waals surface area contributed by atoms with E-state index in [9.17, 15) is 13.2 Å². The van der Waals surface area contributed by atoms with Crippen molar-refractivity contribution in [2.75, 3.05) is 18.8 Å². The van der Waals surface area contributed by atoms with E-state index in [4.69, 9.17) is 23.2 Å². The maximum atomic E-state index is 12.7. The van der Waals surface area contributed by atoms with E-state index in [0.717, 1.165) is 0 Å². The number of sulfonamides is 1. The maximum Gasteiger partial charge on any atom is 0.272 e. The maximum absolute atomic E-state index is 12.7. The number of hydrogen-bond donors (Lipinski definition) is 1. The molecule has 0 unspecified atom stereocenters. The number of benzene rings is 2. The number of hydrogen-bond acceptors (Lipinski definition) is 4. The minimum atomic E-state index is -3.89. The Morgan fingerprint density at radius 1 is 1.07 bits per heavy atom. The van der Waals surface area contributed by atoms with Gasteiger partial charge in [-0.1, -0.05) is 41.4 Å². The summed E-state index contributed by atoms with van der Waals surface area (Å²) in [6, 6.07) is 12.3. The van der Waals surface area contributed by atoms with Gasteiger partial charge in [0.05, 0.1) is 21.1 Å². The third-order valence-corrected chi connectivity index (χ3v) is 5.65. The van der Waals surface area contributed by atoms with E-state index >= 15 is 0 Å². The summed E-state index contributed by atoms with van der Waals surface area (Å²) in [4.78, 5) is 18.1. The van der Waals surface area contributed by atoms with Crippen LogP contribution < -0.4 is 4.72 Å². The molecular weight excluding hydrogens is 409 g/mol. The Bertz CT molecular complexity index is 1130. The zero-order valence-corrected chi connectivity index (χ0v) is 16.7. The van der Waals surface area contributed by atoms with Crippen LogP contribution >= 0.6 is 23.2 Å². The molecule has 2 aromatic carbocycles. The van der Waals surface area contributed by atoms with Crippen LogP contribution in [-0.4, -0.2) is 38.3 Å². The Morgan fingerprint density at radius 3 is 2.37 bits per heavy atom. The first kappa shape index (κ1) is 19.4. The SMILES string of the molecule is CN(C)C(=O)c1cc(NS(=O)(=O)c2ccccc2)c2c(Cl)cc(Cl)cc2n1. The van der Waals surface area contributed by atoms with Gasteiger partial charge in [-0.15, -0.1) is 0 Å². The van der Waals surface area contributed by atoms with Crippen LogP contribution in [0.1, 0.15) is 10.5 Å². The molecule has 6 nitrogen and oxygen atoms in total. The summed E-state index contributed by atoms with van der Waals surface area (Å²) in [6.07, 6.45) is 0. The minimum absolute atomic E-state index is 0.0663. The van der Waals surface area contributed by atoms with Crippen LogP contribution in [0.15, 0.2) is 53.4 Å². The Labute approximate surface area is 166 Å². The topological polar surface area (TPSA) is 79.4 Å². The second-order valence-electron chi connectivity index (χ2n) is 5.95. The fourth-order valence-corrected chi connectivity index (χ4v) is 4.18. The molecule has 0 spiro atoms. The second kappa shape index (κ2) is 7.34. The molecule has 0 aliphatic carbocycles. The lowest BCUT2D eigenvalue weighted by Crippen LogP contribution is -2.23. The van der Waals surface area contributed by atoms with Crippen LogP contribution in [-0.2, 0) is 10.0 Å². The minimum Gasteiger partial charge on any atom is -0.343 e. The predicted molar refractivity (Wildman–Crippen MR) is 107 cm³/mol. The average molecular weight is 424 g/mol.